The summed E-state index contributed by atoms with van der Waals surface area (Å²) in [6, 6.07) is 5.41. The number of hydrogen-bond acceptors (Lipinski definition) is 3. The van der Waals surface area contributed by atoms with Gasteiger partial charge in [0.2, 0.25) is 5.91 Å². The maximum Gasteiger partial charge on any atom is 0.322 e. The van der Waals surface area contributed by atoms with Crippen LogP contribution in [0.15, 0.2) is 24.3 Å². The van der Waals surface area contributed by atoms with Crippen LogP contribution in [0.5, 0.6) is 0 Å². The van der Waals surface area contributed by atoms with Gasteiger partial charge in [-0.15, -0.1) is 0 Å². The molecular weight excluding hydrogens is 325 g/mol. The lowest BCUT2D eigenvalue weighted by Gasteiger charge is -2.32. The van der Waals surface area contributed by atoms with Gasteiger partial charge in [-0.25, -0.2) is 9.18 Å². The fourth-order valence-electron chi connectivity index (χ4n) is 3.53. The Labute approximate surface area is 145 Å². The molecule has 0 aromatic heterocycles. The number of carbonyl (C=O) groups excluding carboxylic acids is 2. The summed E-state index contributed by atoms with van der Waals surface area (Å²) in [5, 5.41) is 5.78. The molecule has 0 radical (unpaired) electrons. The minimum absolute atomic E-state index is 0.0418. The second-order valence-electron chi connectivity index (χ2n) is 7.17. The van der Waals surface area contributed by atoms with Crippen LogP contribution in [0.3, 0.4) is 0 Å². The molecule has 6 nitrogen and oxygen atoms in total. The first kappa shape index (κ1) is 16.3. The highest BCUT2D eigenvalue weighted by molar-refractivity contribution is 5.89. The Kier molecular flexibility index (Phi) is 4.33. The lowest BCUT2D eigenvalue weighted by molar-refractivity contribution is -0.127. The van der Waals surface area contributed by atoms with Crippen molar-refractivity contribution in [1.82, 2.24) is 10.2 Å². The molecule has 1 aromatic rings. The van der Waals surface area contributed by atoms with Crippen LogP contribution in [-0.4, -0.2) is 48.7 Å². The number of ether oxygens (including phenoxy) is 1. The van der Waals surface area contributed by atoms with Gasteiger partial charge in [-0.1, -0.05) is 0 Å². The molecule has 2 saturated heterocycles. The highest BCUT2D eigenvalue weighted by Gasteiger charge is 2.45. The van der Waals surface area contributed by atoms with Crippen molar-refractivity contribution in [3.63, 3.8) is 0 Å². The Bertz CT molecular complexity index is 662. The maximum atomic E-state index is 12.9. The molecule has 3 aliphatic rings. The molecule has 134 valence electrons. The smallest absolute Gasteiger partial charge is 0.322 e. The molecule has 1 aliphatic carbocycles. The third-order valence-electron chi connectivity index (χ3n) is 5.14. The summed E-state index contributed by atoms with van der Waals surface area (Å²) in [7, 11) is 0. The molecule has 0 unspecified atom stereocenters. The average Bonchev–Trinajstić information content (AvgIpc) is 3.39. The first-order chi connectivity index (χ1) is 12.1. The van der Waals surface area contributed by atoms with Crippen LogP contribution in [0.25, 0.3) is 0 Å². The normalized spacial score (nSPS) is 27.9. The fraction of sp³-hybridized carbons (Fsp3) is 0.556. The zero-order chi connectivity index (χ0) is 17.4. The van der Waals surface area contributed by atoms with Gasteiger partial charge in [0.1, 0.15) is 5.82 Å². The standard InChI is InChI=1S/C18H22FN3O3/c19-12-3-5-13(6-4-12)21-18(24)22-9-14-7-15(16(10-22)25-14)17(23)20-8-11-1-2-11/h3-6,11,14-16H,1-2,7-10H2,(H,20,23)(H,21,24)/t14-,15+,16-/m1/s1. The number of nitrogens with zero attached hydrogens (tertiary/aromatic N) is 1. The number of carbonyl (C=O) groups is 2. The molecule has 2 N–H and O–H groups in total. The van der Waals surface area contributed by atoms with E-state index in [4.69, 9.17) is 4.74 Å². The lowest BCUT2D eigenvalue weighted by Crippen LogP contribution is -2.49. The van der Waals surface area contributed by atoms with Gasteiger partial charge >= 0.3 is 6.03 Å². The van der Waals surface area contributed by atoms with Gasteiger partial charge < -0.3 is 20.3 Å². The molecule has 1 aromatic carbocycles. The van der Waals surface area contributed by atoms with Crippen molar-refractivity contribution in [2.45, 2.75) is 31.5 Å². The highest BCUT2D eigenvalue weighted by Crippen LogP contribution is 2.33. The molecule has 3 amide bonds. The average molecular weight is 347 g/mol. The van der Waals surface area contributed by atoms with Crippen molar-refractivity contribution in [2.75, 3.05) is 25.0 Å². The van der Waals surface area contributed by atoms with E-state index < -0.39 is 0 Å². The van der Waals surface area contributed by atoms with Crippen molar-refractivity contribution >= 4 is 17.6 Å². The van der Waals surface area contributed by atoms with Gasteiger partial charge in [-0.2, -0.15) is 0 Å². The minimum atomic E-state index is -0.345. The van der Waals surface area contributed by atoms with Gasteiger partial charge in [0.25, 0.3) is 0 Å². The van der Waals surface area contributed by atoms with Crippen LogP contribution in [0, 0.1) is 17.7 Å². The number of rotatable bonds is 4. The van der Waals surface area contributed by atoms with E-state index in [0.29, 0.717) is 31.1 Å². The van der Waals surface area contributed by atoms with Crippen LogP contribution in [-0.2, 0) is 9.53 Å². The van der Waals surface area contributed by atoms with Gasteiger partial charge in [0.05, 0.1) is 18.1 Å². The first-order valence-corrected chi connectivity index (χ1v) is 8.83. The van der Waals surface area contributed by atoms with Crippen LogP contribution in [0.2, 0.25) is 0 Å². The van der Waals surface area contributed by atoms with E-state index in [1.54, 1.807) is 4.90 Å². The van der Waals surface area contributed by atoms with Crippen molar-refractivity contribution in [3.8, 4) is 0 Å². The largest absolute Gasteiger partial charge is 0.370 e. The molecule has 4 rings (SSSR count). The quantitative estimate of drug-likeness (QED) is 0.875. The summed E-state index contributed by atoms with van der Waals surface area (Å²) in [5.74, 6) is 0.152. The van der Waals surface area contributed by atoms with Crippen LogP contribution in [0.1, 0.15) is 19.3 Å². The van der Waals surface area contributed by atoms with E-state index in [9.17, 15) is 14.0 Å². The van der Waals surface area contributed by atoms with E-state index in [0.717, 1.165) is 6.54 Å². The van der Waals surface area contributed by atoms with Gasteiger partial charge in [0.15, 0.2) is 0 Å². The number of urea groups is 1. The number of likely N-dealkylation sites (tertiary alicyclic amines) is 1. The van der Waals surface area contributed by atoms with Crippen LogP contribution < -0.4 is 10.6 Å². The van der Waals surface area contributed by atoms with E-state index >= 15 is 0 Å². The third kappa shape index (κ3) is 3.76. The predicted molar refractivity (Wildman–Crippen MR) is 89.5 cm³/mol. The van der Waals surface area contributed by atoms with Gasteiger partial charge in [0, 0.05) is 25.3 Å². The Morgan fingerprint density at radius 3 is 2.68 bits per heavy atom. The molecule has 2 heterocycles. The fourth-order valence-corrected chi connectivity index (χ4v) is 3.53. The number of anilines is 1. The Balaban J connectivity index is 1.33. The Hall–Kier alpha value is -2.15. The number of amides is 3. The lowest BCUT2D eigenvalue weighted by atomic mass is 9.99. The maximum absolute atomic E-state index is 12.9. The summed E-state index contributed by atoms with van der Waals surface area (Å²) < 4.78 is 18.8. The van der Waals surface area contributed by atoms with Gasteiger partial charge in [-0.3, -0.25) is 4.79 Å². The minimum Gasteiger partial charge on any atom is -0.370 e. The van der Waals surface area contributed by atoms with E-state index in [2.05, 4.69) is 10.6 Å². The summed E-state index contributed by atoms with van der Waals surface area (Å²) in [4.78, 5) is 26.5. The number of morpholine rings is 1. The van der Waals surface area contributed by atoms with Crippen molar-refractivity contribution in [2.24, 2.45) is 11.8 Å². The number of nitrogens with one attached hydrogen (secondary N) is 2. The summed E-state index contributed by atoms with van der Waals surface area (Å²) in [6.45, 7) is 1.61. The van der Waals surface area contributed by atoms with Crippen LogP contribution in [0.4, 0.5) is 14.9 Å². The van der Waals surface area contributed by atoms with Crippen LogP contribution >= 0.6 is 0 Å². The summed E-state index contributed by atoms with van der Waals surface area (Å²) in [5.41, 5.74) is 0.545. The van der Waals surface area contributed by atoms with E-state index in [1.165, 1.54) is 37.1 Å². The molecule has 3 atom stereocenters. The molecule has 3 fully saturated rings. The van der Waals surface area contributed by atoms with Crippen molar-refractivity contribution in [3.05, 3.63) is 30.1 Å². The molecular formula is C18H22FN3O3. The monoisotopic (exact) mass is 347 g/mol. The first-order valence-electron chi connectivity index (χ1n) is 8.83. The number of hydrogen-bond donors (Lipinski definition) is 2. The second-order valence-corrected chi connectivity index (χ2v) is 7.17. The Morgan fingerprint density at radius 2 is 1.96 bits per heavy atom. The zero-order valence-electron chi connectivity index (χ0n) is 13.9. The molecule has 0 spiro atoms. The van der Waals surface area contributed by atoms with E-state index in [-0.39, 0.29) is 35.9 Å². The molecule has 2 bridgehead atoms. The molecule has 25 heavy (non-hydrogen) atoms. The topological polar surface area (TPSA) is 70.7 Å². The van der Waals surface area contributed by atoms with Crippen molar-refractivity contribution in [1.29, 1.82) is 0 Å². The van der Waals surface area contributed by atoms with Crippen molar-refractivity contribution < 1.29 is 18.7 Å². The predicted octanol–water partition coefficient (Wildman–Crippen LogP) is 1.97. The number of fused-ring (bicyclic) bond motifs is 2. The number of halogens is 1. The molecule has 7 heteroatoms. The highest BCUT2D eigenvalue weighted by atomic mass is 19.1. The molecule has 2 aliphatic heterocycles. The summed E-state index contributed by atoms with van der Waals surface area (Å²) in [6.07, 6.45) is 2.70. The van der Waals surface area contributed by atoms with E-state index in [1.807, 2.05) is 0 Å². The summed E-state index contributed by atoms with van der Waals surface area (Å²) >= 11 is 0. The number of benzene rings is 1. The molecule has 1 saturated carbocycles. The van der Waals surface area contributed by atoms with Gasteiger partial charge in [-0.05, 0) is 49.4 Å². The second kappa shape index (κ2) is 6.63. The SMILES string of the molecule is O=C(NCC1CC1)[C@H]1C[C@@H]2CN(C(=O)Nc3ccc(F)cc3)C[C@H]1O2. The zero-order valence-corrected chi connectivity index (χ0v) is 13.9. The Morgan fingerprint density at radius 1 is 1.20 bits per heavy atom. The third-order valence-corrected chi connectivity index (χ3v) is 5.14.